The third-order valence-electron chi connectivity index (χ3n) is 2.90. The van der Waals surface area contributed by atoms with Crippen molar-refractivity contribution >= 4 is 11.6 Å². The van der Waals surface area contributed by atoms with Gasteiger partial charge in [0.1, 0.15) is 17.4 Å². The molecule has 0 heterocycles. The van der Waals surface area contributed by atoms with E-state index >= 15 is 0 Å². The highest BCUT2D eigenvalue weighted by atomic mass is 19.1. The molecule has 0 spiro atoms. The maximum absolute atomic E-state index is 13.4. The van der Waals surface area contributed by atoms with E-state index in [1.165, 1.54) is 14.0 Å². The van der Waals surface area contributed by atoms with Crippen LogP contribution in [0, 0.1) is 18.6 Å². The Kier molecular flexibility index (Phi) is 3.98. The number of benzene rings is 2. The number of hydrogen-bond acceptors (Lipinski definition) is 2. The van der Waals surface area contributed by atoms with Gasteiger partial charge in [-0.15, -0.1) is 0 Å². The second-order valence-corrected chi connectivity index (χ2v) is 4.22. The molecule has 104 valence electrons. The van der Waals surface area contributed by atoms with Gasteiger partial charge in [-0.3, -0.25) is 4.79 Å². The number of nitrogens with one attached hydrogen (secondary N) is 1. The fourth-order valence-electron chi connectivity index (χ4n) is 1.72. The molecule has 0 saturated heterocycles. The molecule has 0 atom stereocenters. The van der Waals surface area contributed by atoms with Gasteiger partial charge in [0.2, 0.25) is 0 Å². The molecule has 1 N–H and O–H groups in total. The second-order valence-electron chi connectivity index (χ2n) is 4.22. The first-order valence-corrected chi connectivity index (χ1v) is 5.93. The first-order chi connectivity index (χ1) is 9.52. The predicted molar refractivity (Wildman–Crippen MR) is 72.0 cm³/mol. The number of amides is 1. The Labute approximate surface area is 115 Å². The normalized spacial score (nSPS) is 10.2. The zero-order chi connectivity index (χ0) is 14.7. The monoisotopic (exact) mass is 277 g/mol. The van der Waals surface area contributed by atoms with Gasteiger partial charge in [0.15, 0.2) is 0 Å². The highest BCUT2D eigenvalue weighted by molar-refractivity contribution is 6.05. The van der Waals surface area contributed by atoms with Gasteiger partial charge in [-0.2, -0.15) is 0 Å². The van der Waals surface area contributed by atoms with Crippen molar-refractivity contribution in [2.45, 2.75) is 6.92 Å². The summed E-state index contributed by atoms with van der Waals surface area (Å²) in [5, 5.41) is 2.55. The summed E-state index contributed by atoms with van der Waals surface area (Å²) in [4.78, 5) is 12.0. The Morgan fingerprint density at radius 3 is 2.35 bits per heavy atom. The second kappa shape index (κ2) is 5.69. The summed E-state index contributed by atoms with van der Waals surface area (Å²) in [6.07, 6.45) is 0. The number of carbonyl (C=O) groups excluding carboxylic acids is 1. The molecular weight excluding hydrogens is 264 g/mol. The number of para-hydroxylation sites is 2. The summed E-state index contributed by atoms with van der Waals surface area (Å²) < 4.78 is 32.0. The van der Waals surface area contributed by atoms with E-state index in [0.717, 1.165) is 12.1 Å². The van der Waals surface area contributed by atoms with Gasteiger partial charge in [0.25, 0.3) is 5.91 Å². The minimum atomic E-state index is -0.754. The zero-order valence-corrected chi connectivity index (χ0v) is 11.0. The molecule has 0 aliphatic heterocycles. The Bertz CT molecular complexity index is 633. The molecule has 1 amide bonds. The summed E-state index contributed by atoms with van der Waals surface area (Å²) >= 11 is 0. The molecule has 2 aromatic carbocycles. The number of carbonyl (C=O) groups is 1. The Morgan fingerprint density at radius 2 is 1.75 bits per heavy atom. The summed E-state index contributed by atoms with van der Waals surface area (Å²) in [6, 6.07) is 8.78. The van der Waals surface area contributed by atoms with E-state index in [1.54, 1.807) is 24.3 Å². The topological polar surface area (TPSA) is 38.3 Å². The van der Waals surface area contributed by atoms with E-state index in [4.69, 9.17) is 4.74 Å². The van der Waals surface area contributed by atoms with E-state index in [1.807, 2.05) is 0 Å². The lowest BCUT2D eigenvalue weighted by Crippen LogP contribution is -2.13. The first-order valence-electron chi connectivity index (χ1n) is 5.93. The average Bonchev–Trinajstić information content (AvgIpc) is 2.44. The van der Waals surface area contributed by atoms with Crippen molar-refractivity contribution in [1.29, 1.82) is 0 Å². The van der Waals surface area contributed by atoms with Gasteiger partial charge in [-0.05, 0) is 31.2 Å². The van der Waals surface area contributed by atoms with Crippen LogP contribution in [0.25, 0.3) is 0 Å². The van der Waals surface area contributed by atoms with E-state index in [9.17, 15) is 13.6 Å². The van der Waals surface area contributed by atoms with E-state index in [-0.39, 0.29) is 11.1 Å². The van der Waals surface area contributed by atoms with Crippen LogP contribution in [-0.4, -0.2) is 13.0 Å². The molecule has 20 heavy (non-hydrogen) atoms. The zero-order valence-electron chi connectivity index (χ0n) is 11.0. The molecule has 2 rings (SSSR count). The summed E-state index contributed by atoms with van der Waals surface area (Å²) in [6.45, 7) is 1.31. The first kappa shape index (κ1) is 14.0. The van der Waals surface area contributed by atoms with Crippen LogP contribution in [0.4, 0.5) is 14.5 Å². The minimum Gasteiger partial charge on any atom is -0.495 e. The molecule has 2 aromatic rings. The van der Waals surface area contributed by atoms with Gasteiger partial charge in [0.05, 0.1) is 12.8 Å². The summed E-state index contributed by atoms with van der Waals surface area (Å²) in [5.74, 6) is -1.65. The van der Waals surface area contributed by atoms with Crippen molar-refractivity contribution in [3.8, 4) is 5.75 Å². The maximum Gasteiger partial charge on any atom is 0.255 e. The van der Waals surface area contributed by atoms with Crippen molar-refractivity contribution < 1.29 is 18.3 Å². The van der Waals surface area contributed by atoms with E-state index < -0.39 is 17.5 Å². The van der Waals surface area contributed by atoms with Crippen LogP contribution in [0.1, 0.15) is 15.9 Å². The van der Waals surface area contributed by atoms with Crippen LogP contribution in [0.2, 0.25) is 0 Å². The molecule has 0 bridgehead atoms. The largest absolute Gasteiger partial charge is 0.495 e. The highest BCUT2D eigenvalue weighted by Gasteiger charge is 2.14. The van der Waals surface area contributed by atoms with Gasteiger partial charge in [0, 0.05) is 11.1 Å². The minimum absolute atomic E-state index is 0.0866. The summed E-state index contributed by atoms with van der Waals surface area (Å²) in [5.41, 5.74) is 0.233. The van der Waals surface area contributed by atoms with Crippen LogP contribution >= 0.6 is 0 Å². The molecule has 5 heteroatoms. The molecular formula is C15H13F2NO2. The van der Waals surface area contributed by atoms with Gasteiger partial charge in [-0.1, -0.05) is 12.1 Å². The lowest BCUT2D eigenvalue weighted by molar-refractivity contribution is 0.102. The molecule has 0 unspecified atom stereocenters. The fourth-order valence-corrected chi connectivity index (χ4v) is 1.72. The fraction of sp³-hybridized carbons (Fsp3) is 0.133. The molecule has 0 saturated carbocycles. The smallest absolute Gasteiger partial charge is 0.255 e. The Morgan fingerprint density at radius 1 is 1.15 bits per heavy atom. The van der Waals surface area contributed by atoms with Crippen LogP contribution in [0.15, 0.2) is 36.4 Å². The molecule has 0 aliphatic carbocycles. The van der Waals surface area contributed by atoms with Crippen molar-refractivity contribution in [3.63, 3.8) is 0 Å². The molecule has 0 radical (unpaired) electrons. The standard InChI is InChI=1S/C15H13F2NO2/c1-9-11(16)7-10(8-12(9)17)15(19)18-13-5-3-4-6-14(13)20-2/h3-8H,1-2H3,(H,18,19). The quantitative estimate of drug-likeness (QED) is 0.932. The Balaban J connectivity index is 2.29. The van der Waals surface area contributed by atoms with Crippen molar-refractivity contribution in [3.05, 3.63) is 59.2 Å². The number of methoxy groups -OCH3 is 1. The molecule has 0 fully saturated rings. The molecule has 3 nitrogen and oxygen atoms in total. The lowest BCUT2D eigenvalue weighted by atomic mass is 10.1. The number of ether oxygens (including phenoxy) is 1. The average molecular weight is 277 g/mol. The van der Waals surface area contributed by atoms with Crippen molar-refractivity contribution in [1.82, 2.24) is 0 Å². The SMILES string of the molecule is COc1ccccc1NC(=O)c1cc(F)c(C)c(F)c1. The van der Waals surface area contributed by atoms with Crippen LogP contribution in [0.5, 0.6) is 5.75 Å². The van der Waals surface area contributed by atoms with Crippen molar-refractivity contribution in [2.75, 3.05) is 12.4 Å². The maximum atomic E-state index is 13.4. The van der Waals surface area contributed by atoms with Gasteiger partial charge in [-0.25, -0.2) is 8.78 Å². The van der Waals surface area contributed by atoms with Crippen LogP contribution < -0.4 is 10.1 Å². The van der Waals surface area contributed by atoms with Crippen molar-refractivity contribution in [2.24, 2.45) is 0 Å². The number of rotatable bonds is 3. The molecule has 0 aliphatic rings. The van der Waals surface area contributed by atoms with E-state index in [0.29, 0.717) is 11.4 Å². The Hall–Kier alpha value is -2.43. The third-order valence-corrected chi connectivity index (χ3v) is 2.90. The highest BCUT2D eigenvalue weighted by Crippen LogP contribution is 2.24. The van der Waals surface area contributed by atoms with Gasteiger partial charge >= 0.3 is 0 Å². The number of halogens is 2. The lowest BCUT2D eigenvalue weighted by Gasteiger charge is -2.10. The third kappa shape index (κ3) is 2.77. The number of hydrogen-bond donors (Lipinski definition) is 1. The van der Waals surface area contributed by atoms with Crippen LogP contribution in [-0.2, 0) is 0 Å². The molecule has 0 aromatic heterocycles. The van der Waals surface area contributed by atoms with Gasteiger partial charge < -0.3 is 10.1 Å². The summed E-state index contributed by atoms with van der Waals surface area (Å²) in [7, 11) is 1.47. The van der Waals surface area contributed by atoms with Crippen LogP contribution in [0.3, 0.4) is 0 Å². The predicted octanol–water partition coefficient (Wildman–Crippen LogP) is 3.53. The van der Waals surface area contributed by atoms with E-state index in [2.05, 4.69) is 5.32 Å². The number of anilines is 1.